The first-order valence-corrected chi connectivity index (χ1v) is 11.1. The number of imidazole rings is 1. The number of carbonyl (C=O) groups excluding carboxylic acids is 1. The predicted octanol–water partition coefficient (Wildman–Crippen LogP) is 4.24. The summed E-state index contributed by atoms with van der Waals surface area (Å²) in [5, 5.41) is 3.17. The van der Waals surface area contributed by atoms with E-state index < -0.39 is 0 Å². The van der Waals surface area contributed by atoms with Crippen molar-refractivity contribution >= 4 is 17.1 Å². The summed E-state index contributed by atoms with van der Waals surface area (Å²) >= 11 is 0. The molecule has 1 fully saturated rings. The molecule has 2 amide bonds. The highest BCUT2D eigenvalue weighted by atomic mass is 16.5. The van der Waals surface area contributed by atoms with Crippen LogP contribution in [0, 0.1) is 13.8 Å². The van der Waals surface area contributed by atoms with Gasteiger partial charge in [-0.05, 0) is 45.1 Å². The molecule has 164 valence electrons. The van der Waals surface area contributed by atoms with Gasteiger partial charge in [0, 0.05) is 31.5 Å². The number of aromatic amines is 1. The van der Waals surface area contributed by atoms with Crippen LogP contribution in [0.4, 0.5) is 4.79 Å². The van der Waals surface area contributed by atoms with Crippen LogP contribution in [0.25, 0.3) is 11.0 Å². The number of piperidine rings is 1. The number of fused-ring (bicyclic) bond motifs is 1. The molecule has 0 radical (unpaired) electrons. The van der Waals surface area contributed by atoms with Crippen LogP contribution >= 0.6 is 0 Å². The quantitative estimate of drug-likeness (QED) is 0.624. The van der Waals surface area contributed by atoms with Crippen molar-refractivity contribution in [3.05, 3.63) is 59.2 Å². The SMILES string of the molecule is CCOCC(NC(=O)N1CCC(c2cnc(C)c3[nH]c(C)nc23)CC1)c1ccccc1. The molecule has 1 aliphatic rings. The number of H-pyrrole nitrogens is 1. The lowest BCUT2D eigenvalue weighted by atomic mass is 9.89. The van der Waals surface area contributed by atoms with Gasteiger partial charge in [-0.25, -0.2) is 9.78 Å². The summed E-state index contributed by atoms with van der Waals surface area (Å²) in [5.74, 6) is 1.26. The van der Waals surface area contributed by atoms with Gasteiger partial charge in [-0.3, -0.25) is 4.98 Å². The van der Waals surface area contributed by atoms with Crippen molar-refractivity contribution < 1.29 is 9.53 Å². The van der Waals surface area contributed by atoms with Gasteiger partial charge in [-0.15, -0.1) is 0 Å². The van der Waals surface area contributed by atoms with Crippen LogP contribution in [0.2, 0.25) is 0 Å². The first-order valence-electron chi connectivity index (χ1n) is 11.1. The number of aryl methyl sites for hydroxylation is 2. The fraction of sp³-hybridized carbons (Fsp3) is 0.458. The average Bonchev–Trinajstić information content (AvgIpc) is 3.20. The van der Waals surface area contributed by atoms with Gasteiger partial charge in [0.15, 0.2) is 0 Å². The maximum atomic E-state index is 13.0. The van der Waals surface area contributed by atoms with E-state index in [1.165, 1.54) is 5.56 Å². The number of hydrogen-bond donors (Lipinski definition) is 2. The van der Waals surface area contributed by atoms with Crippen LogP contribution in [-0.4, -0.2) is 52.2 Å². The molecule has 31 heavy (non-hydrogen) atoms. The molecular weight excluding hydrogens is 390 g/mol. The van der Waals surface area contributed by atoms with Gasteiger partial charge in [0.2, 0.25) is 0 Å². The Morgan fingerprint density at radius 3 is 2.71 bits per heavy atom. The van der Waals surface area contributed by atoms with Crippen molar-refractivity contribution in [2.75, 3.05) is 26.3 Å². The lowest BCUT2D eigenvalue weighted by Crippen LogP contribution is -2.46. The highest BCUT2D eigenvalue weighted by molar-refractivity contribution is 5.81. The number of benzene rings is 1. The van der Waals surface area contributed by atoms with Crippen molar-refractivity contribution in [2.24, 2.45) is 0 Å². The highest BCUT2D eigenvalue weighted by Crippen LogP contribution is 2.32. The molecule has 3 aromatic rings. The molecule has 2 N–H and O–H groups in total. The van der Waals surface area contributed by atoms with Gasteiger partial charge in [-0.1, -0.05) is 30.3 Å². The first kappa shape index (κ1) is 21.3. The Balaban J connectivity index is 1.41. The number of nitrogens with one attached hydrogen (secondary N) is 2. The second-order valence-corrected chi connectivity index (χ2v) is 8.18. The average molecular weight is 422 g/mol. The fourth-order valence-corrected chi connectivity index (χ4v) is 4.33. The van der Waals surface area contributed by atoms with E-state index in [4.69, 9.17) is 9.72 Å². The molecule has 0 saturated carbocycles. The minimum absolute atomic E-state index is 0.0326. The topological polar surface area (TPSA) is 83.1 Å². The van der Waals surface area contributed by atoms with Gasteiger partial charge >= 0.3 is 6.03 Å². The lowest BCUT2D eigenvalue weighted by molar-refractivity contribution is 0.118. The van der Waals surface area contributed by atoms with E-state index in [0.717, 1.165) is 41.0 Å². The van der Waals surface area contributed by atoms with Crippen molar-refractivity contribution in [2.45, 2.75) is 45.6 Å². The van der Waals surface area contributed by atoms with Gasteiger partial charge in [-0.2, -0.15) is 0 Å². The van der Waals surface area contributed by atoms with Gasteiger partial charge < -0.3 is 19.9 Å². The van der Waals surface area contributed by atoms with Crippen LogP contribution in [0.3, 0.4) is 0 Å². The second kappa shape index (κ2) is 9.47. The Hall–Kier alpha value is -2.93. The van der Waals surface area contributed by atoms with E-state index in [2.05, 4.69) is 15.3 Å². The Bertz CT molecular complexity index is 1030. The summed E-state index contributed by atoms with van der Waals surface area (Å²) in [4.78, 5) is 27.5. The van der Waals surface area contributed by atoms with Gasteiger partial charge in [0.05, 0.1) is 29.4 Å². The molecule has 1 atom stereocenters. The second-order valence-electron chi connectivity index (χ2n) is 8.18. The van der Waals surface area contributed by atoms with Gasteiger partial charge in [0.25, 0.3) is 0 Å². The van der Waals surface area contributed by atoms with Crippen molar-refractivity contribution in [1.82, 2.24) is 25.2 Å². The van der Waals surface area contributed by atoms with E-state index in [1.807, 2.05) is 62.2 Å². The Morgan fingerprint density at radius 2 is 2.00 bits per heavy atom. The molecule has 3 heterocycles. The summed E-state index contributed by atoms with van der Waals surface area (Å²) in [6.07, 6.45) is 3.77. The number of pyridine rings is 1. The molecule has 1 aliphatic heterocycles. The molecule has 4 rings (SSSR count). The zero-order chi connectivity index (χ0) is 21.8. The molecule has 1 aromatic carbocycles. The smallest absolute Gasteiger partial charge is 0.317 e. The van der Waals surface area contributed by atoms with Crippen LogP contribution in [0.15, 0.2) is 36.5 Å². The molecule has 7 nitrogen and oxygen atoms in total. The number of likely N-dealkylation sites (tertiary alicyclic amines) is 1. The number of aromatic nitrogens is 3. The number of amides is 2. The monoisotopic (exact) mass is 421 g/mol. The minimum atomic E-state index is -0.153. The summed E-state index contributed by atoms with van der Waals surface area (Å²) < 4.78 is 5.62. The number of urea groups is 1. The zero-order valence-electron chi connectivity index (χ0n) is 18.5. The molecule has 1 saturated heterocycles. The molecule has 2 aromatic heterocycles. The lowest BCUT2D eigenvalue weighted by Gasteiger charge is -2.33. The summed E-state index contributed by atoms with van der Waals surface area (Å²) in [5.41, 5.74) is 5.26. The third-order valence-corrected chi connectivity index (χ3v) is 6.07. The number of hydrogen-bond acceptors (Lipinski definition) is 4. The van der Waals surface area contributed by atoms with Crippen molar-refractivity contribution in [3.63, 3.8) is 0 Å². The third-order valence-electron chi connectivity index (χ3n) is 6.07. The van der Waals surface area contributed by atoms with Crippen LogP contribution in [0.5, 0.6) is 0 Å². The number of ether oxygens (including phenoxy) is 1. The summed E-state index contributed by atoms with van der Waals surface area (Å²) in [7, 11) is 0. The largest absolute Gasteiger partial charge is 0.379 e. The summed E-state index contributed by atoms with van der Waals surface area (Å²) in [6, 6.07) is 9.81. The Morgan fingerprint density at radius 1 is 1.26 bits per heavy atom. The molecular formula is C24H31N5O2. The number of carbonyl (C=O) groups is 1. The van der Waals surface area contributed by atoms with E-state index in [-0.39, 0.29) is 12.1 Å². The van der Waals surface area contributed by atoms with Crippen LogP contribution in [-0.2, 0) is 4.74 Å². The number of rotatable bonds is 6. The highest BCUT2D eigenvalue weighted by Gasteiger charge is 2.27. The van der Waals surface area contributed by atoms with Crippen molar-refractivity contribution in [3.8, 4) is 0 Å². The fourth-order valence-electron chi connectivity index (χ4n) is 4.33. The van der Waals surface area contributed by atoms with E-state index in [9.17, 15) is 4.79 Å². The zero-order valence-corrected chi connectivity index (χ0v) is 18.5. The van der Waals surface area contributed by atoms with E-state index in [1.54, 1.807) is 0 Å². The standard InChI is InChI=1S/C24H31N5O2/c1-4-31-15-21(19-8-6-5-7-9-19)28-24(30)29-12-10-18(11-13-29)20-14-25-16(2)22-23(20)27-17(3)26-22/h5-9,14,18,21H,4,10-13,15H2,1-3H3,(H,26,27)(H,28,30). The van der Waals surface area contributed by atoms with E-state index >= 15 is 0 Å². The van der Waals surface area contributed by atoms with Crippen LogP contribution < -0.4 is 5.32 Å². The van der Waals surface area contributed by atoms with Crippen molar-refractivity contribution in [1.29, 1.82) is 0 Å². The molecule has 0 aliphatic carbocycles. The molecule has 1 unspecified atom stereocenters. The first-order chi connectivity index (χ1) is 15.1. The number of nitrogens with zero attached hydrogens (tertiary/aromatic N) is 3. The van der Waals surface area contributed by atoms with Crippen LogP contribution in [0.1, 0.15) is 54.4 Å². The molecule has 0 bridgehead atoms. The normalized spacial score (nSPS) is 15.9. The van der Waals surface area contributed by atoms with E-state index in [0.29, 0.717) is 32.2 Å². The summed E-state index contributed by atoms with van der Waals surface area (Å²) in [6.45, 7) is 8.46. The Labute approximate surface area is 183 Å². The Kier molecular flexibility index (Phi) is 6.51. The minimum Gasteiger partial charge on any atom is -0.379 e. The predicted molar refractivity (Wildman–Crippen MR) is 121 cm³/mol. The maximum Gasteiger partial charge on any atom is 0.317 e. The van der Waals surface area contributed by atoms with Gasteiger partial charge in [0.1, 0.15) is 5.82 Å². The maximum absolute atomic E-state index is 13.0. The molecule has 0 spiro atoms. The molecule has 7 heteroatoms. The third kappa shape index (κ3) is 4.71.